The molecule has 2 aromatic rings. The molecule has 1 heterocycles. The number of halogens is 2. The smallest absolute Gasteiger partial charge is 0.227 e. The largest absolute Gasteiger partial charge is 0.335 e. The second kappa shape index (κ2) is 6.79. The highest BCUT2D eigenvalue weighted by Gasteiger charge is 2.31. The number of benzene rings is 2. The van der Waals surface area contributed by atoms with Gasteiger partial charge in [-0.1, -0.05) is 18.2 Å². The third-order valence-electron chi connectivity index (χ3n) is 4.31. The van der Waals surface area contributed by atoms with Gasteiger partial charge in [0.25, 0.3) is 0 Å². The minimum Gasteiger partial charge on any atom is -0.335 e. The summed E-state index contributed by atoms with van der Waals surface area (Å²) in [6, 6.07) is 12.1. The van der Waals surface area contributed by atoms with Gasteiger partial charge in [0.2, 0.25) is 5.91 Å². The predicted molar refractivity (Wildman–Crippen MR) is 84.9 cm³/mol. The van der Waals surface area contributed by atoms with E-state index >= 15 is 0 Å². The van der Waals surface area contributed by atoms with Crippen LogP contribution in [0.5, 0.6) is 0 Å². The van der Waals surface area contributed by atoms with E-state index in [4.69, 9.17) is 5.26 Å². The zero-order chi connectivity index (χ0) is 17.1. The maximum Gasteiger partial charge on any atom is 0.227 e. The van der Waals surface area contributed by atoms with Crippen molar-refractivity contribution in [3.05, 3.63) is 70.8 Å². The van der Waals surface area contributed by atoms with Gasteiger partial charge in [0.1, 0.15) is 11.6 Å². The van der Waals surface area contributed by atoms with Gasteiger partial charge >= 0.3 is 0 Å². The first-order chi connectivity index (χ1) is 11.6. The van der Waals surface area contributed by atoms with Gasteiger partial charge in [-0.2, -0.15) is 5.26 Å². The van der Waals surface area contributed by atoms with Gasteiger partial charge in [0.15, 0.2) is 0 Å². The third kappa shape index (κ3) is 3.28. The molecular weight excluding hydrogens is 310 g/mol. The van der Waals surface area contributed by atoms with Gasteiger partial charge in [-0.15, -0.1) is 0 Å². The van der Waals surface area contributed by atoms with Crippen LogP contribution in [0.1, 0.15) is 35.6 Å². The average molecular weight is 326 g/mol. The van der Waals surface area contributed by atoms with Crippen molar-refractivity contribution in [3.8, 4) is 6.07 Å². The van der Waals surface area contributed by atoms with Crippen molar-refractivity contribution in [2.24, 2.45) is 0 Å². The molecule has 1 fully saturated rings. The Labute approximate surface area is 139 Å². The lowest BCUT2D eigenvalue weighted by atomic mass is 10.0. The number of rotatable bonds is 3. The molecule has 1 atom stereocenters. The molecule has 0 spiro atoms. The summed E-state index contributed by atoms with van der Waals surface area (Å²) in [7, 11) is 0. The summed E-state index contributed by atoms with van der Waals surface area (Å²) >= 11 is 0. The lowest BCUT2D eigenvalue weighted by molar-refractivity contribution is -0.131. The van der Waals surface area contributed by atoms with Crippen LogP contribution in [0.4, 0.5) is 8.78 Å². The van der Waals surface area contributed by atoms with Crippen LogP contribution in [0.25, 0.3) is 0 Å². The Morgan fingerprint density at radius 2 is 2.08 bits per heavy atom. The summed E-state index contributed by atoms with van der Waals surface area (Å²) in [5.41, 5.74) is 1.61. The molecule has 24 heavy (non-hydrogen) atoms. The molecule has 0 bridgehead atoms. The first-order valence-corrected chi connectivity index (χ1v) is 7.82. The molecule has 0 aromatic heterocycles. The van der Waals surface area contributed by atoms with Gasteiger partial charge in [-0.25, -0.2) is 8.78 Å². The van der Waals surface area contributed by atoms with Crippen molar-refractivity contribution >= 4 is 5.91 Å². The summed E-state index contributed by atoms with van der Waals surface area (Å²) in [5.74, 6) is -1.36. The maximum atomic E-state index is 14.1. The molecule has 0 saturated carbocycles. The van der Waals surface area contributed by atoms with Crippen LogP contribution in [0.3, 0.4) is 0 Å². The summed E-state index contributed by atoms with van der Waals surface area (Å²) in [4.78, 5) is 14.3. The van der Waals surface area contributed by atoms with E-state index in [1.54, 1.807) is 29.2 Å². The Morgan fingerprint density at radius 1 is 1.25 bits per heavy atom. The first-order valence-electron chi connectivity index (χ1n) is 7.82. The molecule has 0 aliphatic carbocycles. The number of nitriles is 1. The minimum atomic E-state index is -0.625. The topological polar surface area (TPSA) is 44.1 Å². The van der Waals surface area contributed by atoms with E-state index in [0.29, 0.717) is 24.1 Å². The zero-order valence-corrected chi connectivity index (χ0v) is 13.0. The van der Waals surface area contributed by atoms with Crippen molar-refractivity contribution in [2.45, 2.75) is 25.3 Å². The van der Waals surface area contributed by atoms with E-state index < -0.39 is 11.6 Å². The summed E-state index contributed by atoms with van der Waals surface area (Å²) in [6.45, 7) is 0.554. The number of likely N-dealkylation sites (tertiary alicyclic amines) is 1. The van der Waals surface area contributed by atoms with Crippen molar-refractivity contribution in [1.29, 1.82) is 5.26 Å². The lowest BCUT2D eigenvalue weighted by Crippen LogP contribution is -2.32. The fraction of sp³-hybridized carbons (Fsp3) is 0.263. The molecular formula is C19H16F2N2O. The molecule has 5 heteroatoms. The molecule has 0 N–H and O–H groups in total. The standard InChI is InChI=1S/C19H16F2N2O/c20-15-6-7-16(17(21)11-15)18-5-2-8-23(18)19(24)10-13-3-1-4-14(9-13)12-22/h1,3-4,6-7,9,11,18H,2,5,8,10H2. The van der Waals surface area contributed by atoms with Crippen LogP contribution in [0, 0.1) is 23.0 Å². The van der Waals surface area contributed by atoms with Crippen molar-refractivity contribution < 1.29 is 13.6 Å². The Balaban J connectivity index is 1.79. The van der Waals surface area contributed by atoms with Crippen LogP contribution in [0.2, 0.25) is 0 Å². The number of carbonyl (C=O) groups is 1. The van der Waals surface area contributed by atoms with Gasteiger partial charge in [0.05, 0.1) is 24.1 Å². The predicted octanol–water partition coefficient (Wildman–Crippen LogP) is 3.74. The highest BCUT2D eigenvalue weighted by atomic mass is 19.1. The van der Waals surface area contributed by atoms with Crippen LogP contribution in [0.15, 0.2) is 42.5 Å². The van der Waals surface area contributed by atoms with Gasteiger partial charge in [0, 0.05) is 18.2 Å². The second-order valence-electron chi connectivity index (χ2n) is 5.90. The van der Waals surface area contributed by atoms with Crippen LogP contribution < -0.4 is 0 Å². The number of nitrogens with zero attached hydrogens (tertiary/aromatic N) is 2. The van der Waals surface area contributed by atoms with Crippen LogP contribution in [-0.4, -0.2) is 17.4 Å². The Bertz CT molecular complexity index is 813. The van der Waals surface area contributed by atoms with Gasteiger partial charge in [-0.3, -0.25) is 4.79 Å². The molecule has 0 radical (unpaired) electrons. The van der Waals surface area contributed by atoms with Gasteiger partial charge < -0.3 is 4.90 Å². The number of amides is 1. The number of hydrogen-bond acceptors (Lipinski definition) is 2. The fourth-order valence-corrected chi connectivity index (χ4v) is 3.19. The summed E-state index contributed by atoms with van der Waals surface area (Å²) in [5, 5.41) is 8.93. The van der Waals surface area contributed by atoms with E-state index in [0.717, 1.165) is 18.1 Å². The van der Waals surface area contributed by atoms with Crippen molar-refractivity contribution in [3.63, 3.8) is 0 Å². The molecule has 1 aliphatic rings. The normalized spacial score (nSPS) is 16.9. The zero-order valence-electron chi connectivity index (χ0n) is 13.0. The van der Waals surface area contributed by atoms with E-state index in [2.05, 4.69) is 0 Å². The molecule has 2 aromatic carbocycles. The van der Waals surface area contributed by atoms with Crippen molar-refractivity contribution in [1.82, 2.24) is 4.90 Å². The van der Waals surface area contributed by atoms with E-state index in [1.165, 1.54) is 12.1 Å². The quantitative estimate of drug-likeness (QED) is 0.862. The SMILES string of the molecule is N#Cc1cccc(CC(=O)N2CCCC2c2ccc(F)cc2F)c1. The van der Waals surface area contributed by atoms with Crippen LogP contribution >= 0.6 is 0 Å². The van der Waals surface area contributed by atoms with Gasteiger partial charge in [-0.05, 0) is 36.6 Å². The molecule has 122 valence electrons. The maximum absolute atomic E-state index is 14.1. The molecule has 1 saturated heterocycles. The fourth-order valence-electron chi connectivity index (χ4n) is 3.19. The highest BCUT2D eigenvalue weighted by Crippen LogP contribution is 2.34. The Morgan fingerprint density at radius 3 is 2.83 bits per heavy atom. The molecule has 1 amide bonds. The minimum absolute atomic E-state index is 0.115. The summed E-state index contributed by atoms with van der Waals surface area (Å²) in [6.07, 6.45) is 1.60. The Kier molecular flexibility index (Phi) is 4.57. The molecule has 3 nitrogen and oxygen atoms in total. The lowest BCUT2D eigenvalue weighted by Gasteiger charge is -2.25. The molecule has 1 unspecified atom stereocenters. The third-order valence-corrected chi connectivity index (χ3v) is 4.31. The van der Waals surface area contributed by atoms with Crippen molar-refractivity contribution in [2.75, 3.05) is 6.54 Å². The molecule has 3 rings (SSSR count). The first kappa shape index (κ1) is 16.1. The monoisotopic (exact) mass is 326 g/mol. The van der Waals surface area contributed by atoms with E-state index in [1.807, 2.05) is 6.07 Å². The second-order valence-corrected chi connectivity index (χ2v) is 5.90. The highest BCUT2D eigenvalue weighted by molar-refractivity contribution is 5.79. The van der Waals surface area contributed by atoms with E-state index in [9.17, 15) is 13.6 Å². The van der Waals surface area contributed by atoms with Crippen LogP contribution in [-0.2, 0) is 11.2 Å². The average Bonchev–Trinajstić information content (AvgIpc) is 3.04. The Hall–Kier alpha value is -2.74. The number of carbonyl (C=O) groups excluding carboxylic acids is 1. The summed E-state index contributed by atoms with van der Waals surface area (Å²) < 4.78 is 27.2. The molecule has 1 aliphatic heterocycles. The number of hydrogen-bond donors (Lipinski definition) is 0. The van der Waals surface area contributed by atoms with E-state index in [-0.39, 0.29) is 18.4 Å².